The highest BCUT2D eigenvalue weighted by atomic mass is 16.3. The molecule has 0 saturated carbocycles. The normalized spacial score (nSPS) is 12.7. The topological polar surface area (TPSA) is 63.8 Å². The van der Waals surface area contributed by atoms with E-state index in [1.807, 2.05) is 35.0 Å². The summed E-state index contributed by atoms with van der Waals surface area (Å²) in [6, 6.07) is 9.68. The smallest absolute Gasteiger partial charge is 0.138 e. The van der Waals surface area contributed by atoms with Crippen LogP contribution in [0.2, 0.25) is 0 Å². The Morgan fingerprint density at radius 1 is 1.19 bits per heavy atom. The van der Waals surface area contributed by atoms with E-state index in [9.17, 15) is 5.11 Å². The van der Waals surface area contributed by atoms with Crippen molar-refractivity contribution in [3.05, 3.63) is 54.2 Å². The Morgan fingerprint density at radius 3 is 2.95 bits per heavy atom. The summed E-state index contributed by atoms with van der Waals surface area (Å²) in [6.45, 7) is 2.91. The SMILES string of the molecule is CCCn1ncnc1CC(O)c1cccc2ncccc12. The lowest BCUT2D eigenvalue weighted by atomic mass is 10.0. The van der Waals surface area contributed by atoms with Crippen molar-refractivity contribution >= 4 is 10.9 Å². The van der Waals surface area contributed by atoms with Gasteiger partial charge in [-0.25, -0.2) is 4.98 Å². The second-order valence-corrected chi connectivity index (χ2v) is 5.04. The van der Waals surface area contributed by atoms with E-state index in [4.69, 9.17) is 0 Å². The van der Waals surface area contributed by atoms with Gasteiger partial charge in [-0.2, -0.15) is 5.10 Å². The summed E-state index contributed by atoms with van der Waals surface area (Å²) in [4.78, 5) is 8.58. The fraction of sp³-hybridized carbons (Fsp3) is 0.312. The molecule has 3 aromatic rings. The molecule has 0 aliphatic heterocycles. The first-order chi connectivity index (χ1) is 10.3. The van der Waals surface area contributed by atoms with Gasteiger partial charge in [0.25, 0.3) is 0 Å². The van der Waals surface area contributed by atoms with Crippen molar-refractivity contribution in [2.75, 3.05) is 0 Å². The number of hydrogen-bond donors (Lipinski definition) is 1. The Bertz CT molecular complexity index is 732. The van der Waals surface area contributed by atoms with Crippen molar-refractivity contribution in [1.29, 1.82) is 0 Å². The average Bonchev–Trinajstić information content (AvgIpc) is 2.94. The fourth-order valence-electron chi connectivity index (χ4n) is 2.55. The molecule has 1 unspecified atom stereocenters. The van der Waals surface area contributed by atoms with Crippen molar-refractivity contribution in [1.82, 2.24) is 19.7 Å². The molecule has 5 heteroatoms. The van der Waals surface area contributed by atoms with Gasteiger partial charge in [0, 0.05) is 24.5 Å². The fourth-order valence-corrected chi connectivity index (χ4v) is 2.55. The van der Waals surface area contributed by atoms with E-state index in [1.165, 1.54) is 0 Å². The van der Waals surface area contributed by atoms with Gasteiger partial charge in [0.1, 0.15) is 12.2 Å². The molecule has 3 rings (SSSR count). The lowest BCUT2D eigenvalue weighted by Gasteiger charge is -2.13. The maximum absolute atomic E-state index is 10.6. The van der Waals surface area contributed by atoms with E-state index < -0.39 is 6.10 Å². The van der Waals surface area contributed by atoms with Gasteiger partial charge in [-0.1, -0.05) is 25.1 Å². The number of aryl methyl sites for hydroxylation is 1. The van der Waals surface area contributed by atoms with E-state index in [1.54, 1.807) is 12.5 Å². The van der Waals surface area contributed by atoms with Crippen LogP contribution in [0, 0.1) is 0 Å². The van der Waals surface area contributed by atoms with Crippen molar-refractivity contribution in [3.63, 3.8) is 0 Å². The number of pyridine rings is 1. The summed E-state index contributed by atoms with van der Waals surface area (Å²) in [6.07, 6.45) is 4.13. The second-order valence-electron chi connectivity index (χ2n) is 5.04. The quantitative estimate of drug-likeness (QED) is 0.781. The molecule has 1 atom stereocenters. The Balaban J connectivity index is 1.90. The molecule has 0 amide bonds. The van der Waals surface area contributed by atoms with Crippen LogP contribution in [-0.2, 0) is 13.0 Å². The minimum absolute atomic E-state index is 0.452. The van der Waals surface area contributed by atoms with Crippen molar-refractivity contribution in [3.8, 4) is 0 Å². The van der Waals surface area contributed by atoms with Gasteiger partial charge in [0.05, 0.1) is 11.6 Å². The molecule has 1 N–H and O–H groups in total. The number of benzene rings is 1. The van der Waals surface area contributed by atoms with E-state index >= 15 is 0 Å². The van der Waals surface area contributed by atoms with Crippen LogP contribution in [-0.4, -0.2) is 24.9 Å². The first-order valence-corrected chi connectivity index (χ1v) is 7.18. The zero-order chi connectivity index (χ0) is 14.7. The first kappa shape index (κ1) is 13.7. The van der Waals surface area contributed by atoms with Crippen LogP contribution < -0.4 is 0 Å². The van der Waals surface area contributed by atoms with Gasteiger partial charge in [0.15, 0.2) is 0 Å². The Kier molecular flexibility index (Phi) is 3.92. The molecule has 108 valence electrons. The van der Waals surface area contributed by atoms with Crippen LogP contribution in [0.15, 0.2) is 42.9 Å². The Morgan fingerprint density at radius 2 is 2.10 bits per heavy atom. The molecule has 2 aromatic heterocycles. The zero-order valence-electron chi connectivity index (χ0n) is 12.0. The first-order valence-electron chi connectivity index (χ1n) is 7.18. The van der Waals surface area contributed by atoms with E-state index in [2.05, 4.69) is 22.0 Å². The monoisotopic (exact) mass is 282 g/mol. The maximum Gasteiger partial charge on any atom is 0.138 e. The zero-order valence-corrected chi connectivity index (χ0v) is 12.0. The van der Waals surface area contributed by atoms with Crippen LogP contribution in [0.1, 0.15) is 30.8 Å². The molecule has 5 nitrogen and oxygen atoms in total. The number of aliphatic hydroxyl groups excluding tert-OH is 1. The summed E-state index contributed by atoms with van der Waals surface area (Å²) in [7, 11) is 0. The molecule has 0 saturated heterocycles. The predicted octanol–water partition coefficient (Wildman–Crippen LogP) is 2.51. The minimum atomic E-state index is -0.613. The molecule has 0 radical (unpaired) electrons. The van der Waals surface area contributed by atoms with Gasteiger partial charge in [-0.05, 0) is 24.1 Å². The molecular formula is C16H18N4O. The van der Waals surface area contributed by atoms with Crippen LogP contribution in [0.5, 0.6) is 0 Å². The number of nitrogens with zero attached hydrogens (tertiary/aromatic N) is 4. The summed E-state index contributed by atoms with van der Waals surface area (Å²) < 4.78 is 1.85. The third-order valence-corrected chi connectivity index (χ3v) is 3.55. The number of hydrogen-bond acceptors (Lipinski definition) is 4. The maximum atomic E-state index is 10.6. The third-order valence-electron chi connectivity index (χ3n) is 3.55. The van der Waals surface area contributed by atoms with Gasteiger partial charge in [-0.3, -0.25) is 9.67 Å². The van der Waals surface area contributed by atoms with Gasteiger partial charge < -0.3 is 5.11 Å². The van der Waals surface area contributed by atoms with Crippen LogP contribution in [0.4, 0.5) is 0 Å². The summed E-state index contributed by atoms with van der Waals surface area (Å²) in [5, 5.41) is 15.8. The molecule has 1 aromatic carbocycles. The molecule has 0 fully saturated rings. The number of rotatable bonds is 5. The van der Waals surface area contributed by atoms with Crippen LogP contribution >= 0.6 is 0 Å². The standard InChI is InChI=1S/C16H18N4O/c1-2-9-20-16(18-11-19-20)10-15(21)13-5-3-7-14-12(13)6-4-8-17-14/h3-8,11,15,21H,2,9-10H2,1H3. The Labute approximate surface area is 123 Å². The third kappa shape index (κ3) is 2.78. The van der Waals surface area contributed by atoms with Gasteiger partial charge >= 0.3 is 0 Å². The molecule has 0 aliphatic rings. The van der Waals surface area contributed by atoms with Gasteiger partial charge in [-0.15, -0.1) is 0 Å². The van der Waals surface area contributed by atoms with E-state index in [-0.39, 0.29) is 0 Å². The molecule has 0 spiro atoms. The van der Waals surface area contributed by atoms with Crippen molar-refractivity contribution < 1.29 is 5.11 Å². The van der Waals surface area contributed by atoms with Gasteiger partial charge in [0.2, 0.25) is 0 Å². The highest BCUT2D eigenvalue weighted by molar-refractivity contribution is 5.82. The lowest BCUT2D eigenvalue weighted by molar-refractivity contribution is 0.175. The molecule has 0 aliphatic carbocycles. The van der Waals surface area contributed by atoms with E-state index in [0.29, 0.717) is 6.42 Å². The summed E-state index contributed by atoms with van der Waals surface area (Å²) in [5.41, 5.74) is 1.77. The summed E-state index contributed by atoms with van der Waals surface area (Å²) >= 11 is 0. The largest absolute Gasteiger partial charge is 0.388 e. The molecular weight excluding hydrogens is 264 g/mol. The second kappa shape index (κ2) is 6.01. The molecule has 2 heterocycles. The number of fused-ring (bicyclic) bond motifs is 1. The highest BCUT2D eigenvalue weighted by Crippen LogP contribution is 2.25. The summed E-state index contributed by atoms with van der Waals surface area (Å²) in [5.74, 6) is 0.810. The minimum Gasteiger partial charge on any atom is -0.388 e. The van der Waals surface area contributed by atoms with E-state index in [0.717, 1.165) is 35.3 Å². The molecule has 0 bridgehead atoms. The van der Waals surface area contributed by atoms with Crippen LogP contribution in [0.3, 0.4) is 0 Å². The average molecular weight is 282 g/mol. The number of aromatic nitrogens is 4. The predicted molar refractivity (Wildman–Crippen MR) is 80.7 cm³/mol. The lowest BCUT2D eigenvalue weighted by Crippen LogP contribution is -2.10. The number of aliphatic hydroxyl groups is 1. The van der Waals surface area contributed by atoms with Crippen molar-refractivity contribution in [2.24, 2.45) is 0 Å². The van der Waals surface area contributed by atoms with Crippen molar-refractivity contribution in [2.45, 2.75) is 32.4 Å². The highest BCUT2D eigenvalue weighted by Gasteiger charge is 2.15. The molecule has 21 heavy (non-hydrogen) atoms. The Hall–Kier alpha value is -2.27. The van der Waals surface area contributed by atoms with Crippen LogP contribution in [0.25, 0.3) is 10.9 Å².